The van der Waals surface area contributed by atoms with Gasteiger partial charge in [0.15, 0.2) is 5.96 Å². The maximum absolute atomic E-state index is 14.0. The van der Waals surface area contributed by atoms with Crippen molar-refractivity contribution in [3.8, 4) is 5.75 Å². The van der Waals surface area contributed by atoms with Crippen LogP contribution in [0.5, 0.6) is 5.75 Å². The molecule has 1 atom stereocenters. The molecule has 2 aromatic carbocycles. The van der Waals surface area contributed by atoms with Crippen LogP contribution in [0.15, 0.2) is 47.5 Å². The summed E-state index contributed by atoms with van der Waals surface area (Å²) in [6, 6.07) is 11.2. The summed E-state index contributed by atoms with van der Waals surface area (Å²) < 4.78 is 27.9. The van der Waals surface area contributed by atoms with Gasteiger partial charge in [-0.05, 0) is 49.1 Å². The summed E-state index contributed by atoms with van der Waals surface area (Å²) in [4.78, 5) is 5.97. The number of guanidine groups is 1. The highest BCUT2D eigenvalue weighted by Crippen LogP contribution is 2.26. The number of halogens is 2. The van der Waals surface area contributed by atoms with Gasteiger partial charge in [0, 0.05) is 32.7 Å². The molecule has 1 unspecified atom stereocenters. The van der Waals surface area contributed by atoms with Gasteiger partial charge in [0.05, 0.1) is 0 Å². The molecule has 0 bridgehead atoms. The SMILES string of the molecule is CN=C(NCCCc1ccc(O)cc1)NC1CCN(c2c(F)cccc2F)C1. The van der Waals surface area contributed by atoms with Crippen molar-refractivity contribution in [3.05, 3.63) is 59.7 Å². The molecule has 0 spiro atoms. The molecule has 28 heavy (non-hydrogen) atoms. The number of hydrogen-bond acceptors (Lipinski definition) is 3. The van der Waals surface area contributed by atoms with Crippen LogP contribution in [0.3, 0.4) is 0 Å². The fourth-order valence-electron chi connectivity index (χ4n) is 3.42. The van der Waals surface area contributed by atoms with E-state index in [0.717, 1.165) is 25.8 Å². The first-order chi connectivity index (χ1) is 13.6. The van der Waals surface area contributed by atoms with E-state index in [0.29, 0.717) is 19.0 Å². The zero-order valence-corrected chi connectivity index (χ0v) is 16.0. The van der Waals surface area contributed by atoms with E-state index in [1.165, 1.54) is 23.8 Å². The topological polar surface area (TPSA) is 59.9 Å². The molecule has 0 radical (unpaired) electrons. The summed E-state index contributed by atoms with van der Waals surface area (Å²) in [7, 11) is 1.71. The summed E-state index contributed by atoms with van der Waals surface area (Å²) in [5.74, 6) is -0.103. The Labute approximate surface area is 164 Å². The Morgan fingerprint density at radius 2 is 1.89 bits per heavy atom. The van der Waals surface area contributed by atoms with Crippen molar-refractivity contribution < 1.29 is 13.9 Å². The molecule has 3 rings (SSSR count). The van der Waals surface area contributed by atoms with Crippen LogP contribution < -0.4 is 15.5 Å². The average molecular weight is 388 g/mol. The smallest absolute Gasteiger partial charge is 0.191 e. The number of aromatic hydroxyl groups is 1. The van der Waals surface area contributed by atoms with E-state index in [9.17, 15) is 13.9 Å². The molecule has 0 aromatic heterocycles. The Hall–Kier alpha value is -2.83. The predicted molar refractivity (Wildman–Crippen MR) is 108 cm³/mol. The fraction of sp³-hybridized carbons (Fsp3) is 0.381. The third-order valence-electron chi connectivity index (χ3n) is 4.88. The molecule has 1 saturated heterocycles. The Morgan fingerprint density at radius 1 is 1.18 bits per heavy atom. The minimum atomic E-state index is -0.530. The van der Waals surface area contributed by atoms with Crippen LogP contribution in [-0.4, -0.2) is 43.8 Å². The molecule has 0 saturated carbocycles. The van der Waals surface area contributed by atoms with Gasteiger partial charge < -0.3 is 20.6 Å². The van der Waals surface area contributed by atoms with Crippen LogP contribution in [0.2, 0.25) is 0 Å². The van der Waals surface area contributed by atoms with Gasteiger partial charge in [0.2, 0.25) is 0 Å². The maximum Gasteiger partial charge on any atom is 0.191 e. The Bertz CT molecular complexity index is 790. The number of phenolic OH excluding ortho intramolecular Hbond substituents is 1. The van der Waals surface area contributed by atoms with E-state index in [4.69, 9.17) is 0 Å². The van der Waals surface area contributed by atoms with Gasteiger partial charge in [-0.2, -0.15) is 0 Å². The van der Waals surface area contributed by atoms with Gasteiger partial charge in [-0.3, -0.25) is 4.99 Å². The van der Waals surface area contributed by atoms with Crippen molar-refractivity contribution in [1.29, 1.82) is 0 Å². The van der Waals surface area contributed by atoms with Gasteiger partial charge in [-0.15, -0.1) is 0 Å². The number of aliphatic imine (C=N–C) groups is 1. The zero-order chi connectivity index (χ0) is 19.9. The molecule has 3 N–H and O–H groups in total. The summed E-state index contributed by atoms with van der Waals surface area (Å²) in [6.45, 7) is 1.86. The van der Waals surface area contributed by atoms with Crippen molar-refractivity contribution in [2.45, 2.75) is 25.3 Å². The largest absolute Gasteiger partial charge is 0.508 e. The highest BCUT2D eigenvalue weighted by molar-refractivity contribution is 5.80. The second-order valence-corrected chi connectivity index (χ2v) is 6.92. The molecule has 1 aliphatic rings. The van der Waals surface area contributed by atoms with Crippen LogP contribution >= 0.6 is 0 Å². The van der Waals surface area contributed by atoms with E-state index in [1.807, 2.05) is 12.1 Å². The number of nitrogens with one attached hydrogen (secondary N) is 2. The lowest BCUT2D eigenvalue weighted by Crippen LogP contribution is -2.45. The number of benzene rings is 2. The quantitative estimate of drug-likeness (QED) is 0.404. The van der Waals surface area contributed by atoms with Gasteiger partial charge in [0.25, 0.3) is 0 Å². The Balaban J connectivity index is 1.44. The molecule has 0 aliphatic carbocycles. The first-order valence-electron chi connectivity index (χ1n) is 9.51. The van der Waals surface area contributed by atoms with Crippen LogP contribution in [0.25, 0.3) is 0 Å². The molecule has 150 valence electrons. The highest BCUT2D eigenvalue weighted by Gasteiger charge is 2.27. The Kier molecular flexibility index (Phi) is 6.68. The number of hydrogen-bond donors (Lipinski definition) is 3. The van der Waals surface area contributed by atoms with Crippen LogP contribution in [0.4, 0.5) is 14.5 Å². The van der Waals surface area contributed by atoms with Crippen molar-refractivity contribution in [2.75, 3.05) is 31.6 Å². The fourth-order valence-corrected chi connectivity index (χ4v) is 3.42. The molecule has 5 nitrogen and oxygen atoms in total. The second-order valence-electron chi connectivity index (χ2n) is 6.92. The molecular formula is C21H26F2N4O. The van der Waals surface area contributed by atoms with Crippen LogP contribution in [0.1, 0.15) is 18.4 Å². The molecule has 1 heterocycles. The number of phenols is 1. The number of anilines is 1. The van der Waals surface area contributed by atoms with E-state index in [2.05, 4.69) is 15.6 Å². The van der Waals surface area contributed by atoms with Gasteiger partial charge >= 0.3 is 0 Å². The van der Waals surface area contributed by atoms with Crippen molar-refractivity contribution in [2.24, 2.45) is 4.99 Å². The molecule has 1 fully saturated rings. The normalized spacial score (nSPS) is 17.0. The lowest BCUT2D eigenvalue weighted by Gasteiger charge is -2.21. The lowest BCUT2D eigenvalue weighted by atomic mass is 10.1. The standard InChI is InChI=1S/C21H26F2N4O/c1-24-21(25-12-3-4-15-7-9-17(28)10-8-15)26-16-11-13-27(14-16)20-18(22)5-2-6-19(20)23/h2,5-10,16,28H,3-4,11-14H2,1H3,(H2,24,25,26). The number of para-hydroxylation sites is 1. The first-order valence-corrected chi connectivity index (χ1v) is 9.51. The van der Waals surface area contributed by atoms with Gasteiger partial charge in [-0.1, -0.05) is 18.2 Å². The monoisotopic (exact) mass is 388 g/mol. The van der Waals surface area contributed by atoms with Crippen molar-refractivity contribution in [3.63, 3.8) is 0 Å². The minimum Gasteiger partial charge on any atom is -0.508 e. The molecule has 2 aromatic rings. The summed E-state index contributed by atoms with van der Waals surface area (Å²) in [5, 5.41) is 15.9. The van der Waals surface area contributed by atoms with Gasteiger partial charge in [0.1, 0.15) is 23.1 Å². The van der Waals surface area contributed by atoms with E-state index >= 15 is 0 Å². The molecule has 1 aliphatic heterocycles. The number of aryl methyl sites for hydroxylation is 1. The van der Waals surface area contributed by atoms with Crippen molar-refractivity contribution >= 4 is 11.6 Å². The van der Waals surface area contributed by atoms with Gasteiger partial charge in [-0.25, -0.2) is 8.78 Å². The van der Waals surface area contributed by atoms with E-state index < -0.39 is 11.6 Å². The highest BCUT2D eigenvalue weighted by atomic mass is 19.1. The first kappa shape index (κ1) is 19.9. The average Bonchev–Trinajstić information content (AvgIpc) is 3.13. The van der Waals surface area contributed by atoms with Crippen LogP contribution in [0, 0.1) is 11.6 Å². The third-order valence-corrected chi connectivity index (χ3v) is 4.88. The minimum absolute atomic E-state index is 0.0450. The van der Waals surface area contributed by atoms with E-state index in [1.54, 1.807) is 24.1 Å². The molecule has 0 amide bonds. The maximum atomic E-state index is 14.0. The molecule has 7 heteroatoms. The Morgan fingerprint density at radius 3 is 2.57 bits per heavy atom. The van der Waals surface area contributed by atoms with E-state index in [-0.39, 0.29) is 17.5 Å². The summed E-state index contributed by atoms with van der Waals surface area (Å²) in [5.41, 5.74) is 1.21. The lowest BCUT2D eigenvalue weighted by molar-refractivity contribution is 0.475. The summed E-state index contributed by atoms with van der Waals surface area (Å²) >= 11 is 0. The predicted octanol–water partition coefficient (Wildman–Crippen LogP) is 3.05. The number of rotatable bonds is 6. The van der Waals surface area contributed by atoms with Crippen molar-refractivity contribution in [1.82, 2.24) is 10.6 Å². The third kappa shape index (κ3) is 5.12. The zero-order valence-electron chi connectivity index (χ0n) is 16.0. The number of nitrogens with zero attached hydrogens (tertiary/aromatic N) is 2. The second kappa shape index (κ2) is 9.39. The molecular weight excluding hydrogens is 362 g/mol. The summed E-state index contributed by atoms with van der Waals surface area (Å²) in [6.07, 6.45) is 2.60. The van der Waals surface area contributed by atoms with Crippen LogP contribution in [-0.2, 0) is 6.42 Å².